The number of nitrogens with two attached hydrogens (primary N) is 1. The minimum atomic E-state index is -4.47. The average Bonchev–Trinajstić information content (AvgIpc) is 2.38. The highest BCUT2D eigenvalue weighted by molar-refractivity contribution is 5.37. The molecule has 0 spiro atoms. The van der Waals surface area contributed by atoms with Crippen molar-refractivity contribution < 1.29 is 22.3 Å². The first-order valence-corrected chi connectivity index (χ1v) is 5.60. The number of pyridine rings is 1. The number of aromatic nitrogens is 1. The molecule has 3 nitrogen and oxygen atoms in total. The summed E-state index contributed by atoms with van der Waals surface area (Å²) in [6.07, 6.45) is -3.82. The van der Waals surface area contributed by atoms with Gasteiger partial charge >= 0.3 is 6.18 Å². The molecule has 0 aliphatic carbocycles. The van der Waals surface area contributed by atoms with E-state index in [2.05, 4.69) is 4.98 Å². The highest BCUT2D eigenvalue weighted by atomic mass is 19.4. The summed E-state index contributed by atoms with van der Waals surface area (Å²) < 4.78 is 55.8. The topological polar surface area (TPSA) is 48.1 Å². The highest BCUT2D eigenvalue weighted by Gasteiger charge is 2.30. The van der Waals surface area contributed by atoms with Crippen LogP contribution in [0.15, 0.2) is 36.5 Å². The van der Waals surface area contributed by atoms with Crippen molar-refractivity contribution in [2.45, 2.75) is 12.7 Å². The van der Waals surface area contributed by atoms with E-state index in [9.17, 15) is 17.6 Å². The number of ether oxygens (including phenoxy) is 1. The molecule has 1 aromatic carbocycles. The van der Waals surface area contributed by atoms with Gasteiger partial charge in [-0.25, -0.2) is 9.37 Å². The van der Waals surface area contributed by atoms with Crippen LogP contribution in [0.25, 0.3) is 0 Å². The molecular formula is C13H10F4N2O. The lowest BCUT2D eigenvalue weighted by Gasteiger charge is -2.11. The molecule has 106 valence electrons. The Bertz CT molecular complexity index is 596. The zero-order valence-electron chi connectivity index (χ0n) is 10.1. The standard InChI is InChI=1S/C13H10F4N2O/c14-10-2-1-3-11(9(10)6-18)20-12-5-4-8(7-19-12)13(15,16)17/h1-5,7H,6,18H2. The molecule has 2 aromatic rings. The van der Waals surface area contributed by atoms with Crippen molar-refractivity contribution in [2.75, 3.05) is 0 Å². The summed E-state index contributed by atoms with van der Waals surface area (Å²) in [5.41, 5.74) is 4.64. The quantitative estimate of drug-likeness (QED) is 0.879. The predicted octanol–water partition coefficient (Wildman–Crippen LogP) is 3.49. The summed E-state index contributed by atoms with van der Waals surface area (Å²) in [5.74, 6) is -0.491. The van der Waals surface area contributed by atoms with Gasteiger partial charge in [-0.2, -0.15) is 13.2 Å². The Balaban J connectivity index is 2.25. The minimum absolute atomic E-state index is 0.0710. The fraction of sp³-hybridized carbons (Fsp3) is 0.154. The Labute approximate surface area is 112 Å². The van der Waals surface area contributed by atoms with E-state index in [0.717, 1.165) is 12.1 Å². The van der Waals surface area contributed by atoms with Gasteiger partial charge in [-0.05, 0) is 18.2 Å². The fourth-order valence-corrected chi connectivity index (χ4v) is 1.55. The van der Waals surface area contributed by atoms with Gasteiger partial charge < -0.3 is 10.5 Å². The van der Waals surface area contributed by atoms with E-state index < -0.39 is 17.6 Å². The van der Waals surface area contributed by atoms with E-state index in [4.69, 9.17) is 10.5 Å². The normalized spacial score (nSPS) is 11.4. The van der Waals surface area contributed by atoms with E-state index in [1.165, 1.54) is 18.2 Å². The minimum Gasteiger partial charge on any atom is -0.439 e. The van der Waals surface area contributed by atoms with Gasteiger partial charge in [-0.3, -0.25) is 0 Å². The average molecular weight is 286 g/mol. The van der Waals surface area contributed by atoms with Crippen molar-refractivity contribution >= 4 is 0 Å². The molecule has 0 amide bonds. The van der Waals surface area contributed by atoms with Crippen LogP contribution >= 0.6 is 0 Å². The largest absolute Gasteiger partial charge is 0.439 e. The van der Waals surface area contributed by atoms with Crippen LogP contribution in [-0.4, -0.2) is 4.98 Å². The van der Waals surface area contributed by atoms with Gasteiger partial charge in [0.25, 0.3) is 0 Å². The van der Waals surface area contributed by atoms with Crippen molar-refractivity contribution in [3.8, 4) is 11.6 Å². The molecule has 0 unspecified atom stereocenters. The van der Waals surface area contributed by atoms with Gasteiger partial charge in [-0.15, -0.1) is 0 Å². The number of benzene rings is 1. The van der Waals surface area contributed by atoms with Gasteiger partial charge in [0.1, 0.15) is 11.6 Å². The maximum Gasteiger partial charge on any atom is 0.417 e. The second-order valence-electron chi connectivity index (χ2n) is 3.91. The maximum absolute atomic E-state index is 13.4. The van der Waals surface area contributed by atoms with Crippen LogP contribution in [0.2, 0.25) is 0 Å². The zero-order chi connectivity index (χ0) is 14.8. The van der Waals surface area contributed by atoms with Gasteiger partial charge in [-0.1, -0.05) is 6.07 Å². The van der Waals surface area contributed by atoms with Crippen LogP contribution in [0.4, 0.5) is 17.6 Å². The van der Waals surface area contributed by atoms with Gasteiger partial charge in [0, 0.05) is 24.4 Å². The lowest BCUT2D eigenvalue weighted by Crippen LogP contribution is -2.06. The van der Waals surface area contributed by atoms with E-state index in [1.807, 2.05) is 0 Å². The van der Waals surface area contributed by atoms with Crippen LogP contribution in [0.5, 0.6) is 11.6 Å². The third kappa shape index (κ3) is 3.05. The predicted molar refractivity (Wildman–Crippen MR) is 63.6 cm³/mol. The molecule has 2 rings (SSSR count). The molecule has 1 heterocycles. The Morgan fingerprint density at radius 2 is 1.90 bits per heavy atom. The zero-order valence-corrected chi connectivity index (χ0v) is 10.1. The molecule has 0 saturated carbocycles. The first-order chi connectivity index (χ1) is 9.41. The Kier molecular flexibility index (Phi) is 3.89. The summed E-state index contributed by atoms with van der Waals surface area (Å²) >= 11 is 0. The number of hydrogen-bond acceptors (Lipinski definition) is 3. The van der Waals surface area contributed by atoms with E-state index in [1.54, 1.807) is 0 Å². The van der Waals surface area contributed by atoms with Crippen molar-refractivity contribution in [2.24, 2.45) is 5.73 Å². The second kappa shape index (κ2) is 5.46. The first-order valence-electron chi connectivity index (χ1n) is 5.60. The number of nitrogens with zero attached hydrogens (tertiary/aromatic N) is 1. The number of hydrogen-bond donors (Lipinski definition) is 1. The maximum atomic E-state index is 13.4. The molecule has 0 aliphatic heterocycles. The lowest BCUT2D eigenvalue weighted by molar-refractivity contribution is -0.137. The van der Waals surface area contributed by atoms with Crippen molar-refractivity contribution in [1.82, 2.24) is 4.98 Å². The van der Waals surface area contributed by atoms with Crippen molar-refractivity contribution in [1.29, 1.82) is 0 Å². The summed E-state index contributed by atoms with van der Waals surface area (Å²) in [7, 11) is 0. The lowest BCUT2D eigenvalue weighted by atomic mass is 10.2. The van der Waals surface area contributed by atoms with E-state index in [-0.39, 0.29) is 23.7 Å². The SMILES string of the molecule is NCc1c(F)cccc1Oc1ccc(C(F)(F)F)cn1. The first kappa shape index (κ1) is 14.3. The van der Waals surface area contributed by atoms with Crippen LogP contribution in [-0.2, 0) is 12.7 Å². The molecule has 20 heavy (non-hydrogen) atoms. The van der Waals surface area contributed by atoms with Crippen LogP contribution < -0.4 is 10.5 Å². The van der Waals surface area contributed by atoms with Crippen molar-refractivity contribution in [3.05, 3.63) is 53.5 Å². The van der Waals surface area contributed by atoms with Gasteiger partial charge in [0.15, 0.2) is 0 Å². The summed E-state index contributed by atoms with van der Waals surface area (Å²) in [4.78, 5) is 3.54. The molecule has 2 N–H and O–H groups in total. The smallest absolute Gasteiger partial charge is 0.417 e. The monoisotopic (exact) mass is 286 g/mol. The molecule has 7 heteroatoms. The Hall–Kier alpha value is -2.15. The Morgan fingerprint density at radius 3 is 2.45 bits per heavy atom. The number of alkyl halides is 3. The molecule has 0 saturated heterocycles. The van der Waals surface area contributed by atoms with Crippen molar-refractivity contribution in [3.63, 3.8) is 0 Å². The Morgan fingerprint density at radius 1 is 1.15 bits per heavy atom. The molecular weight excluding hydrogens is 276 g/mol. The summed E-state index contributed by atoms with van der Waals surface area (Å²) in [6.45, 7) is -0.0946. The van der Waals surface area contributed by atoms with Crippen LogP contribution in [0, 0.1) is 5.82 Å². The molecule has 0 fully saturated rings. The highest BCUT2D eigenvalue weighted by Crippen LogP contribution is 2.31. The second-order valence-corrected chi connectivity index (χ2v) is 3.91. The van der Waals surface area contributed by atoms with E-state index >= 15 is 0 Å². The summed E-state index contributed by atoms with van der Waals surface area (Å²) in [6, 6.07) is 5.99. The molecule has 0 radical (unpaired) electrons. The van der Waals surface area contributed by atoms with Crippen LogP contribution in [0.3, 0.4) is 0 Å². The van der Waals surface area contributed by atoms with Gasteiger partial charge in [0.2, 0.25) is 5.88 Å². The fourth-order valence-electron chi connectivity index (χ4n) is 1.55. The number of rotatable bonds is 3. The molecule has 0 atom stereocenters. The summed E-state index contributed by atoms with van der Waals surface area (Å²) in [5, 5.41) is 0. The van der Waals surface area contributed by atoms with E-state index in [0.29, 0.717) is 6.20 Å². The van der Waals surface area contributed by atoms with Gasteiger partial charge in [0.05, 0.1) is 5.56 Å². The third-order valence-electron chi connectivity index (χ3n) is 2.56. The number of halogens is 4. The third-order valence-corrected chi connectivity index (χ3v) is 2.56. The molecule has 1 aromatic heterocycles. The van der Waals surface area contributed by atoms with Crippen LogP contribution in [0.1, 0.15) is 11.1 Å². The molecule has 0 aliphatic rings. The molecule has 0 bridgehead atoms.